The molecular weight excluding hydrogens is 398 g/mol. The van der Waals surface area contributed by atoms with Crippen molar-refractivity contribution in [2.75, 3.05) is 19.0 Å². The van der Waals surface area contributed by atoms with Crippen molar-refractivity contribution >= 4 is 34.3 Å². The van der Waals surface area contributed by atoms with Crippen molar-refractivity contribution in [1.82, 2.24) is 19.5 Å². The Labute approximate surface area is 171 Å². The number of nitrogens with zero attached hydrogens (tertiary/aromatic N) is 5. The number of carbonyl (C=O) groups excluding carboxylic acids is 3. The zero-order valence-electron chi connectivity index (χ0n) is 17.1. The second-order valence-corrected chi connectivity index (χ2v) is 7.51. The number of aliphatic hydroxyl groups excluding tert-OH is 1. The monoisotopic (exact) mass is 421 g/mol. The van der Waals surface area contributed by atoms with E-state index in [1.54, 1.807) is 19.0 Å². The zero-order valence-corrected chi connectivity index (χ0v) is 17.1. The van der Waals surface area contributed by atoms with Crippen LogP contribution in [0.1, 0.15) is 27.0 Å². The molecule has 0 radical (unpaired) electrons. The molecule has 5 atom stereocenters. The maximum absolute atomic E-state index is 12.6. The van der Waals surface area contributed by atoms with Gasteiger partial charge in [-0.3, -0.25) is 19.0 Å². The normalized spacial score (nSPS) is 29.7. The van der Waals surface area contributed by atoms with Crippen LogP contribution in [-0.2, 0) is 19.1 Å². The van der Waals surface area contributed by atoms with Gasteiger partial charge in [-0.2, -0.15) is 0 Å². The van der Waals surface area contributed by atoms with Gasteiger partial charge in [0, 0.05) is 14.1 Å². The van der Waals surface area contributed by atoms with Crippen LogP contribution in [0.25, 0.3) is 11.2 Å². The minimum Gasteiger partial charge on any atom is -0.386 e. The topological polar surface area (TPSA) is 168 Å². The molecule has 3 N–H and O–H groups in total. The summed E-state index contributed by atoms with van der Waals surface area (Å²) in [5.74, 6) is -2.73. The van der Waals surface area contributed by atoms with Gasteiger partial charge in [-0.05, 0) is 20.8 Å². The summed E-state index contributed by atoms with van der Waals surface area (Å²) in [5, 5.41) is 32.2. The molecule has 162 valence electrons. The van der Waals surface area contributed by atoms with Crippen molar-refractivity contribution in [3.63, 3.8) is 0 Å². The summed E-state index contributed by atoms with van der Waals surface area (Å²) in [5.41, 5.74) is -5.36. The van der Waals surface area contributed by atoms with Crippen LogP contribution in [0.3, 0.4) is 0 Å². The van der Waals surface area contributed by atoms with Crippen molar-refractivity contribution in [3.05, 3.63) is 12.7 Å². The molecule has 1 saturated heterocycles. The predicted octanol–water partition coefficient (Wildman–Crippen LogP) is -1.62. The molecule has 1 aliphatic rings. The van der Waals surface area contributed by atoms with Crippen molar-refractivity contribution in [3.8, 4) is 0 Å². The lowest BCUT2D eigenvalue weighted by Gasteiger charge is -2.36. The molecule has 0 aliphatic carbocycles. The summed E-state index contributed by atoms with van der Waals surface area (Å²) < 4.78 is 6.74. The van der Waals surface area contributed by atoms with Gasteiger partial charge >= 0.3 is 0 Å². The van der Waals surface area contributed by atoms with Gasteiger partial charge in [0.15, 0.2) is 52.3 Å². The van der Waals surface area contributed by atoms with E-state index in [4.69, 9.17) is 4.74 Å². The number of Topliss-reactive ketones (excluding diaryl/α,β-unsaturated/α-hetero) is 3. The van der Waals surface area contributed by atoms with Gasteiger partial charge in [0.2, 0.25) is 5.60 Å². The summed E-state index contributed by atoms with van der Waals surface area (Å²) in [4.78, 5) is 51.6. The molecule has 2 aromatic heterocycles. The maximum Gasteiger partial charge on any atom is 0.207 e. The number of aromatic nitrogens is 4. The van der Waals surface area contributed by atoms with E-state index in [1.165, 1.54) is 12.7 Å². The van der Waals surface area contributed by atoms with Gasteiger partial charge in [0.05, 0.1) is 6.33 Å². The highest BCUT2D eigenvalue weighted by molar-refractivity contribution is 6.04. The number of fused-ring (bicyclic) bond motifs is 1. The average molecular weight is 421 g/mol. The van der Waals surface area contributed by atoms with Gasteiger partial charge in [-0.25, -0.2) is 15.0 Å². The van der Waals surface area contributed by atoms with E-state index < -0.39 is 47.0 Å². The third kappa shape index (κ3) is 2.75. The Morgan fingerprint density at radius 1 is 1.13 bits per heavy atom. The molecule has 3 rings (SSSR count). The van der Waals surface area contributed by atoms with Crippen LogP contribution in [0.5, 0.6) is 0 Å². The Morgan fingerprint density at radius 3 is 2.23 bits per heavy atom. The molecule has 30 heavy (non-hydrogen) atoms. The summed E-state index contributed by atoms with van der Waals surface area (Å²) >= 11 is 0. The quantitative estimate of drug-likeness (QED) is 0.490. The molecule has 0 saturated carbocycles. The minimum absolute atomic E-state index is 0.134. The van der Waals surface area contributed by atoms with Gasteiger partial charge in [-0.1, -0.05) is 0 Å². The van der Waals surface area contributed by atoms with Crippen LogP contribution in [0.2, 0.25) is 0 Å². The fourth-order valence-corrected chi connectivity index (χ4v) is 3.71. The molecule has 1 unspecified atom stereocenters. The van der Waals surface area contributed by atoms with Crippen molar-refractivity contribution in [2.45, 2.75) is 50.4 Å². The lowest BCUT2D eigenvalue weighted by atomic mass is 9.73. The first-order valence-electron chi connectivity index (χ1n) is 9.07. The van der Waals surface area contributed by atoms with Crippen LogP contribution in [-0.4, -0.2) is 89.7 Å². The highest BCUT2D eigenvalue weighted by Crippen LogP contribution is 2.48. The van der Waals surface area contributed by atoms with Crippen LogP contribution in [0, 0.1) is 0 Å². The molecule has 0 amide bonds. The van der Waals surface area contributed by atoms with E-state index in [9.17, 15) is 29.7 Å². The number of hydrogen-bond acceptors (Lipinski definition) is 11. The average Bonchev–Trinajstić information content (AvgIpc) is 3.19. The third-order valence-electron chi connectivity index (χ3n) is 5.34. The van der Waals surface area contributed by atoms with Crippen LogP contribution in [0.4, 0.5) is 5.82 Å². The zero-order chi connectivity index (χ0) is 22.6. The van der Waals surface area contributed by atoms with E-state index in [-0.39, 0.29) is 5.65 Å². The first-order chi connectivity index (χ1) is 13.9. The number of hydrogen-bond donors (Lipinski definition) is 3. The molecule has 12 heteroatoms. The molecule has 3 heterocycles. The number of ether oxygens (including phenoxy) is 1. The molecule has 0 bridgehead atoms. The molecule has 0 aromatic carbocycles. The number of ketones is 3. The Bertz CT molecular complexity index is 1040. The first kappa shape index (κ1) is 21.9. The summed E-state index contributed by atoms with van der Waals surface area (Å²) in [6.45, 7) is 2.99. The lowest BCUT2D eigenvalue weighted by molar-refractivity contribution is -0.182. The number of anilines is 1. The second kappa shape index (κ2) is 7.16. The molecule has 2 aromatic rings. The number of imidazole rings is 1. The number of aliphatic hydroxyl groups is 3. The Kier molecular flexibility index (Phi) is 5.23. The van der Waals surface area contributed by atoms with Gasteiger partial charge in [0.25, 0.3) is 0 Å². The second-order valence-electron chi connectivity index (χ2n) is 7.51. The van der Waals surface area contributed by atoms with E-state index in [2.05, 4.69) is 15.0 Å². The van der Waals surface area contributed by atoms with Gasteiger partial charge < -0.3 is 25.0 Å². The molecular formula is C18H23N5O7. The van der Waals surface area contributed by atoms with Crippen molar-refractivity contribution < 1.29 is 34.4 Å². The maximum atomic E-state index is 12.6. The summed E-state index contributed by atoms with van der Waals surface area (Å²) in [6.07, 6.45) is -2.93. The Hall–Kier alpha value is -2.80. The third-order valence-corrected chi connectivity index (χ3v) is 5.34. The van der Waals surface area contributed by atoms with E-state index in [0.717, 1.165) is 25.3 Å². The molecule has 12 nitrogen and oxygen atoms in total. The van der Waals surface area contributed by atoms with Crippen LogP contribution < -0.4 is 4.90 Å². The predicted molar refractivity (Wildman–Crippen MR) is 102 cm³/mol. The van der Waals surface area contributed by atoms with Crippen LogP contribution in [0.15, 0.2) is 12.7 Å². The highest BCUT2D eigenvalue weighted by Gasteiger charge is 2.73. The Balaban J connectivity index is 2.28. The Morgan fingerprint density at radius 2 is 1.73 bits per heavy atom. The first-order valence-corrected chi connectivity index (χ1v) is 9.07. The molecule has 1 aliphatic heterocycles. The number of carbonyl (C=O) groups is 3. The summed E-state index contributed by atoms with van der Waals surface area (Å²) in [7, 11) is 3.45. The number of rotatable bonds is 6. The molecule has 0 spiro atoms. The van der Waals surface area contributed by atoms with Crippen LogP contribution >= 0.6 is 0 Å². The van der Waals surface area contributed by atoms with Crippen molar-refractivity contribution in [1.29, 1.82) is 0 Å². The minimum atomic E-state index is -2.94. The van der Waals surface area contributed by atoms with E-state index >= 15 is 0 Å². The lowest BCUT2D eigenvalue weighted by Crippen LogP contribution is -2.67. The smallest absolute Gasteiger partial charge is 0.207 e. The van der Waals surface area contributed by atoms with Gasteiger partial charge in [0.1, 0.15) is 12.4 Å². The fraction of sp³-hybridized carbons (Fsp3) is 0.556. The van der Waals surface area contributed by atoms with Crippen molar-refractivity contribution in [2.24, 2.45) is 0 Å². The fourth-order valence-electron chi connectivity index (χ4n) is 3.71. The van der Waals surface area contributed by atoms with Gasteiger partial charge in [-0.15, -0.1) is 0 Å². The SMILES string of the molecule is CC(=O)[C@@]1(O)[C@@H](C(=O)C(C)O)O[C@@H](n2cnc3c(N(C)C)ncnc32)[C@]1(O)C(C)=O. The van der Waals surface area contributed by atoms with E-state index in [1.807, 2.05) is 0 Å². The highest BCUT2D eigenvalue weighted by atomic mass is 16.6. The summed E-state index contributed by atoms with van der Waals surface area (Å²) in [6, 6.07) is 0. The van der Waals surface area contributed by atoms with E-state index in [0.29, 0.717) is 11.3 Å². The largest absolute Gasteiger partial charge is 0.386 e. The molecule has 1 fully saturated rings. The standard InChI is InChI=1S/C18H23N5O7/c1-8(24)12(27)13-17(28,9(2)25)18(29,10(3)26)16(30-13)23-7-21-11-14(22(4)5)19-6-20-15(11)23/h6-8,13,16,24,28-29H,1-5H3/t8?,13-,16-,17-,18-/m1/s1.